The van der Waals surface area contributed by atoms with Crippen molar-refractivity contribution >= 4 is 17.0 Å². The van der Waals surface area contributed by atoms with E-state index < -0.39 is 0 Å². The van der Waals surface area contributed by atoms with Crippen molar-refractivity contribution in [2.45, 2.75) is 18.9 Å². The molecule has 0 bridgehead atoms. The number of pyridine rings is 1. The summed E-state index contributed by atoms with van der Waals surface area (Å²) in [5, 5.41) is 6.95. The Bertz CT molecular complexity index is 775. The number of H-pyrrole nitrogens is 1. The number of hydrogen-bond acceptors (Lipinski definition) is 5. The lowest BCUT2D eigenvalue weighted by Gasteiger charge is -2.25. The van der Waals surface area contributed by atoms with Crippen LogP contribution in [0.3, 0.4) is 0 Å². The van der Waals surface area contributed by atoms with Crippen LogP contribution >= 0.6 is 0 Å². The maximum Gasteiger partial charge on any atom is 0.156 e. The number of hydrogen-bond donors (Lipinski definition) is 3. The van der Waals surface area contributed by atoms with Crippen molar-refractivity contribution in [2.24, 2.45) is 0 Å². The molecule has 3 aromatic rings. The molecule has 1 aliphatic heterocycles. The van der Waals surface area contributed by atoms with Crippen LogP contribution in [0.4, 0.5) is 5.82 Å². The minimum Gasteiger partial charge on any atom is -0.366 e. The Morgan fingerprint density at radius 1 is 1.23 bits per heavy atom. The highest BCUT2D eigenvalue weighted by molar-refractivity contribution is 5.78. The van der Waals surface area contributed by atoms with Gasteiger partial charge < -0.3 is 15.6 Å². The van der Waals surface area contributed by atoms with E-state index >= 15 is 0 Å². The van der Waals surface area contributed by atoms with Crippen molar-refractivity contribution in [3.8, 4) is 11.3 Å². The summed E-state index contributed by atoms with van der Waals surface area (Å²) in [6.45, 7) is 2.07. The average molecular weight is 294 g/mol. The molecule has 6 nitrogen and oxygen atoms in total. The molecule has 0 saturated carbocycles. The van der Waals surface area contributed by atoms with Gasteiger partial charge in [0.15, 0.2) is 5.65 Å². The average Bonchev–Trinajstić information content (AvgIpc) is 3.04. The van der Waals surface area contributed by atoms with Crippen LogP contribution in [0.2, 0.25) is 0 Å². The zero-order valence-corrected chi connectivity index (χ0v) is 12.2. The number of rotatable bonds is 3. The molecule has 1 fully saturated rings. The molecule has 3 N–H and O–H groups in total. The topological polar surface area (TPSA) is 78.5 Å². The Morgan fingerprint density at radius 3 is 3.14 bits per heavy atom. The molecule has 0 unspecified atom stereocenters. The van der Waals surface area contributed by atoms with Gasteiger partial charge in [0.25, 0.3) is 0 Å². The molecule has 1 saturated heterocycles. The van der Waals surface area contributed by atoms with E-state index in [1.165, 1.54) is 6.42 Å². The number of nitrogens with one attached hydrogen (secondary N) is 3. The van der Waals surface area contributed by atoms with Crippen molar-refractivity contribution in [3.63, 3.8) is 0 Å². The zero-order chi connectivity index (χ0) is 14.8. The van der Waals surface area contributed by atoms with Crippen molar-refractivity contribution < 1.29 is 0 Å². The highest BCUT2D eigenvalue weighted by atomic mass is 15.1. The summed E-state index contributed by atoms with van der Waals surface area (Å²) < 4.78 is 0. The fraction of sp³-hybridized carbons (Fsp3) is 0.312. The van der Waals surface area contributed by atoms with Crippen LogP contribution in [-0.2, 0) is 0 Å². The van der Waals surface area contributed by atoms with Gasteiger partial charge >= 0.3 is 0 Å². The first kappa shape index (κ1) is 13.2. The molecule has 0 aromatic carbocycles. The third-order valence-corrected chi connectivity index (χ3v) is 3.98. The predicted molar refractivity (Wildman–Crippen MR) is 86.6 cm³/mol. The number of piperidine rings is 1. The van der Waals surface area contributed by atoms with Crippen molar-refractivity contribution in [1.29, 1.82) is 0 Å². The molecule has 6 heteroatoms. The lowest BCUT2D eigenvalue weighted by Crippen LogP contribution is -2.38. The van der Waals surface area contributed by atoms with Crippen molar-refractivity contribution in [3.05, 3.63) is 36.8 Å². The molecule has 112 valence electrons. The normalized spacial score (nSPS) is 18.5. The maximum atomic E-state index is 4.67. The molecule has 0 radical (unpaired) electrons. The molecule has 1 aliphatic rings. The number of aromatic nitrogens is 4. The van der Waals surface area contributed by atoms with Gasteiger partial charge in [-0.15, -0.1) is 0 Å². The summed E-state index contributed by atoms with van der Waals surface area (Å²) in [4.78, 5) is 16.7. The largest absolute Gasteiger partial charge is 0.366 e. The summed E-state index contributed by atoms with van der Waals surface area (Å²) in [5.41, 5.74) is 3.50. The van der Waals surface area contributed by atoms with Crippen molar-refractivity contribution in [1.82, 2.24) is 25.3 Å². The van der Waals surface area contributed by atoms with Crippen molar-refractivity contribution in [2.75, 3.05) is 18.4 Å². The third-order valence-electron chi connectivity index (χ3n) is 3.98. The summed E-state index contributed by atoms with van der Waals surface area (Å²) in [6.07, 6.45) is 7.80. The fourth-order valence-corrected chi connectivity index (χ4v) is 2.86. The van der Waals surface area contributed by atoms with Crippen LogP contribution in [0.25, 0.3) is 22.4 Å². The number of fused-ring (bicyclic) bond motifs is 1. The van der Waals surface area contributed by atoms with Gasteiger partial charge in [-0.25, -0.2) is 15.0 Å². The zero-order valence-electron chi connectivity index (χ0n) is 12.2. The Kier molecular flexibility index (Phi) is 3.44. The van der Waals surface area contributed by atoms with E-state index in [1.54, 1.807) is 6.20 Å². The number of nitrogens with zero attached hydrogens (tertiary/aromatic N) is 3. The maximum absolute atomic E-state index is 4.67. The molecular formula is C16H18N6. The van der Waals surface area contributed by atoms with Gasteiger partial charge in [-0.1, -0.05) is 0 Å². The summed E-state index contributed by atoms with van der Waals surface area (Å²) in [5.74, 6) is 0.875. The van der Waals surface area contributed by atoms with E-state index in [2.05, 4.69) is 30.6 Å². The molecule has 0 spiro atoms. The molecule has 4 heterocycles. The van der Waals surface area contributed by atoms with E-state index in [4.69, 9.17) is 0 Å². The van der Waals surface area contributed by atoms with Crippen LogP contribution in [0.1, 0.15) is 12.8 Å². The second kappa shape index (κ2) is 5.73. The minimum absolute atomic E-state index is 0.409. The summed E-state index contributed by atoms with van der Waals surface area (Å²) >= 11 is 0. The van der Waals surface area contributed by atoms with Crippen LogP contribution in [0.15, 0.2) is 36.8 Å². The lowest BCUT2D eigenvalue weighted by molar-refractivity contribution is 0.479. The van der Waals surface area contributed by atoms with Gasteiger partial charge in [0, 0.05) is 30.5 Å². The van der Waals surface area contributed by atoms with E-state index in [1.807, 2.05) is 30.6 Å². The lowest BCUT2D eigenvalue weighted by atomic mass is 10.1. The van der Waals surface area contributed by atoms with Gasteiger partial charge in [-0.3, -0.25) is 0 Å². The second-order valence-corrected chi connectivity index (χ2v) is 5.55. The van der Waals surface area contributed by atoms with Crippen LogP contribution in [-0.4, -0.2) is 39.1 Å². The van der Waals surface area contributed by atoms with Gasteiger partial charge in [0.05, 0.1) is 11.9 Å². The van der Waals surface area contributed by atoms with Gasteiger partial charge in [0.1, 0.15) is 11.3 Å². The summed E-state index contributed by atoms with van der Waals surface area (Å²) in [7, 11) is 0. The minimum atomic E-state index is 0.409. The highest BCUT2D eigenvalue weighted by Gasteiger charge is 2.16. The van der Waals surface area contributed by atoms with E-state index in [-0.39, 0.29) is 0 Å². The number of anilines is 1. The molecule has 1 atom stereocenters. The van der Waals surface area contributed by atoms with Crippen LogP contribution in [0.5, 0.6) is 0 Å². The van der Waals surface area contributed by atoms with Gasteiger partial charge in [0.2, 0.25) is 0 Å². The molecule has 0 amide bonds. The fourth-order valence-electron chi connectivity index (χ4n) is 2.86. The summed E-state index contributed by atoms with van der Waals surface area (Å²) in [6, 6.07) is 6.31. The molecule has 22 heavy (non-hydrogen) atoms. The Balaban J connectivity index is 1.68. The smallest absolute Gasteiger partial charge is 0.156 e. The Hall–Kier alpha value is -2.47. The predicted octanol–water partition coefficient (Wildman–Crippen LogP) is 2.18. The standard InChI is InChI=1S/C16H18N6/c1-3-11(9-17-6-1)21-15-12(4-2-7-18-15)14-10-20-16-13(22-14)5-8-19-16/h2,4-5,7-8,10-11,17H,1,3,6,9H2,(H,18,21)(H,19,20)/t11-/m1/s1. The first-order valence-corrected chi connectivity index (χ1v) is 7.63. The van der Waals surface area contributed by atoms with Gasteiger partial charge in [-0.05, 0) is 37.6 Å². The van der Waals surface area contributed by atoms with Crippen LogP contribution < -0.4 is 10.6 Å². The second-order valence-electron chi connectivity index (χ2n) is 5.55. The molecule has 4 rings (SSSR count). The highest BCUT2D eigenvalue weighted by Crippen LogP contribution is 2.26. The van der Waals surface area contributed by atoms with Gasteiger partial charge in [-0.2, -0.15) is 0 Å². The first-order valence-electron chi connectivity index (χ1n) is 7.63. The number of aromatic amines is 1. The third kappa shape index (κ3) is 2.53. The molecule has 0 aliphatic carbocycles. The first-order chi connectivity index (χ1) is 10.9. The monoisotopic (exact) mass is 294 g/mol. The van der Waals surface area contributed by atoms with Crippen LogP contribution in [0, 0.1) is 0 Å². The van der Waals surface area contributed by atoms with E-state index in [0.717, 1.165) is 47.7 Å². The molecular weight excluding hydrogens is 276 g/mol. The SMILES string of the molecule is c1cnc(N[C@@H]2CCCNC2)c(-c2cnc3[nH]ccc3n2)c1. The van der Waals surface area contributed by atoms with E-state index in [9.17, 15) is 0 Å². The van der Waals surface area contributed by atoms with E-state index in [0.29, 0.717) is 6.04 Å². The Labute approximate surface area is 128 Å². The molecule has 3 aromatic heterocycles. The quantitative estimate of drug-likeness (QED) is 0.690. The Morgan fingerprint density at radius 2 is 2.23 bits per heavy atom.